The molecule has 1 atom stereocenters. The van der Waals surface area contributed by atoms with Crippen molar-refractivity contribution in [2.45, 2.75) is 18.5 Å². The molecule has 1 fully saturated rings. The van der Waals surface area contributed by atoms with Gasteiger partial charge in [0.1, 0.15) is 0 Å². The lowest BCUT2D eigenvalue weighted by Gasteiger charge is -2.16. The van der Waals surface area contributed by atoms with Gasteiger partial charge in [-0.15, -0.1) is 0 Å². The van der Waals surface area contributed by atoms with Gasteiger partial charge in [-0.1, -0.05) is 0 Å². The van der Waals surface area contributed by atoms with E-state index in [-0.39, 0.29) is 13.0 Å². The largest absolute Gasteiger partial charge is 0.343 e. The number of likely N-dealkylation sites (tertiary alicyclic amines) is 1. The van der Waals surface area contributed by atoms with E-state index in [2.05, 4.69) is 5.32 Å². The third-order valence-corrected chi connectivity index (χ3v) is 1.77. The van der Waals surface area contributed by atoms with Crippen molar-refractivity contribution in [3.63, 3.8) is 0 Å². The van der Waals surface area contributed by atoms with Crippen molar-refractivity contribution in [3.8, 4) is 0 Å². The van der Waals surface area contributed by atoms with Gasteiger partial charge >= 0.3 is 0 Å². The smallest absolute Gasteiger partial charge is 0.263 e. The zero-order valence-corrected chi connectivity index (χ0v) is 6.18. The fraction of sp³-hybridized carbons (Fsp3) is 0.833. The van der Waals surface area contributed by atoms with E-state index in [4.69, 9.17) is 0 Å². The van der Waals surface area contributed by atoms with Gasteiger partial charge in [0.15, 0.2) is 0 Å². The zero-order chi connectivity index (χ0) is 8.48. The van der Waals surface area contributed by atoms with Gasteiger partial charge in [-0.3, -0.25) is 9.69 Å². The zero-order valence-electron chi connectivity index (χ0n) is 6.18. The van der Waals surface area contributed by atoms with Gasteiger partial charge in [0.25, 0.3) is 5.92 Å². The maximum atomic E-state index is 12.6. The van der Waals surface area contributed by atoms with Crippen molar-refractivity contribution < 1.29 is 13.6 Å². The first kappa shape index (κ1) is 8.39. The van der Waals surface area contributed by atoms with Crippen molar-refractivity contribution in [2.75, 3.05) is 13.6 Å². The first-order valence-electron chi connectivity index (χ1n) is 3.33. The number of halogens is 2. The van der Waals surface area contributed by atoms with Crippen LogP contribution in [0.15, 0.2) is 0 Å². The Morgan fingerprint density at radius 1 is 1.73 bits per heavy atom. The van der Waals surface area contributed by atoms with E-state index in [0.717, 1.165) is 0 Å². The second-order valence-corrected chi connectivity index (χ2v) is 2.78. The van der Waals surface area contributed by atoms with Crippen LogP contribution in [0.3, 0.4) is 0 Å². The molecule has 1 heterocycles. The van der Waals surface area contributed by atoms with Gasteiger partial charge in [0, 0.05) is 6.42 Å². The molecule has 64 valence electrons. The molecule has 0 aromatic carbocycles. The number of rotatable bonds is 2. The molecule has 0 aromatic rings. The van der Waals surface area contributed by atoms with Gasteiger partial charge in [-0.2, -0.15) is 0 Å². The molecule has 1 N–H and O–H groups in total. The lowest BCUT2D eigenvalue weighted by atomic mass is 10.3. The summed E-state index contributed by atoms with van der Waals surface area (Å²) < 4.78 is 25.1. The molecule has 1 aliphatic rings. The molecule has 0 aromatic heterocycles. The molecule has 5 heteroatoms. The van der Waals surface area contributed by atoms with E-state index in [1.165, 1.54) is 4.90 Å². The highest BCUT2D eigenvalue weighted by Gasteiger charge is 2.42. The highest BCUT2D eigenvalue weighted by atomic mass is 19.3. The summed E-state index contributed by atoms with van der Waals surface area (Å²) in [6.45, 7) is -0.279. The summed E-state index contributed by atoms with van der Waals surface area (Å²) in [4.78, 5) is 11.4. The van der Waals surface area contributed by atoms with Crippen LogP contribution in [0.5, 0.6) is 0 Å². The van der Waals surface area contributed by atoms with Gasteiger partial charge < -0.3 is 5.32 Å². The molecule has 0 spiro atoms. The SMILES string of the molecule is CN1CC(F)(F)C[C@H]1NC=O. The topological polar surface area (TPSA) is 32.3 Å². The van der Waals surface area contributed by atoms with Crippen LogP contribution in [0, 0.1) is 0 Å². The number of alkyl halides is 2. The number of amides is 1. The molecule has 0 radical (unpaired) electrons. The first-order valence-corrected chi connectivity index (χ1v) is 3.33. The van der Waals surface area contributed by atoms with Crippen molar-refractivity contribution in [1.82, 2.24) is 10.2 Å². The molecule has 0 saturated carbocycles. The minimum absolute atomic E-state index is 0.279. The van der Waals surface area contributed by atoms with E-state index >= 15 is 0 Å². The third kappa shape index (κ3) is 1.86. The highest BCUT2D eigenvalue weighted by molar-refractivity contribution is 5.46. The second kappa shape index (κ2) is 2.73. The maximum absolute atomic E-state index is 12.6. The average Bonchev–Trinajstić information content (AvgIpc) is 2.07. The summed E-state index contributed by atoms with van der Waals surface area (Å²) in [6, 6.07) is 0. The Morgan fingerprint density at radius 2 is 2.36 bits per heavy atom. The van der Waals surface area contributed by atoms with Crippen molar-refractivity contribution in [2.24, 2.45) is 0 Å². The van der Waals surface area contributed by atoms with Crippen LogP contribution < -0.4 is 5.32 Å². The molecular formula is C6H10F2N2O. The predicted molar refractivity (Wildman–Crippen MR) is 35.2 cm³/mol. The number of hydrogen-bond acceptors (Lipinski definition) is 2. The summed E-state index contributed by atoms with van der Waals surface area (Å²) >= 11 is 0. The Bertz CT molecular complexity index is 163. The fourth-order valence-corrected chi connectivity index (χ4v) is 1.24. The molecule has 1 saturated heterocycles. The third-order valence-electron chi connectivity index (χ3n) is 1.77. The molecule has 0 aliphatic carbocycles. The van der Waals surface area contributed by atoms with Crippen LogP contribution in [0.4, 0.5) is 8.78 Å². The Labute approximate surface area is 63.4 Å². The molecule has 1 aliphatic heterocycles. The molecule has 0 bridgehead atoms. The summed E-state index contributed by atoms with van der Waals surface area (Å²) in [5.74, 6) is -2.66. The average molecular weight is 164 g/mol. The van der Waals surface area contributed by atoms with Crippen LogP contribution in [-0.2, 0) is 4.79 Å². The molecule has 0 unspecified atom stereocenters. The Balaban J connectivity index is 2.51. The Hall–Kier alpha value is -0.710. The number of hydrogen-bond donors (Lipinski definition) is 1. The molecule has 3 nitrogen and oxygen atoms in total. The lowest BCUT2D eigenvalue weighted by Crippen LogP contribution is -2.37. The molecular weight excluding hydrogens is 154 g/mol. The van der Waals surface area contributed by atoms with Gasteiger partial charge in [-0.05, 0) is 7.05 Å². The van der Waals surface area contributed by atoms with Gasteiger partial charge in [0.05, 0.1) is 12.7 Å². The monoisotopic (exact) mass is 164 g/mol. The Morgan fingerprint density at radius 3 is 2.73 bits per heavy atom. The van der Waals surface area contributed by atoms with E-state index < -0.39 is 12.1 Å². The summed E-state index contributed by atoms with van der Waals surface area (Å²) in [5, 5.41) is 2.32. The normalized spacial score (nSPS) is 30.3. The second-order valence-electron chi connectivity index (χ2n) is 2.78. The maximum Gasteiger partial charge on any atom is 0.263 e. The first-order chi connectivity index (χ1) is 5.05. The standard InChI is InChI=1S/C6H10F2N2O/c1-10-3-6(7,8)2-5(10)9-4-11/h4-5H,2-3H2,1H3,(H,9,11)/t5-/m0/s1. The minimum Gasteiger partial charge on any atom is -0.343 e. The minimum atomic E-state index is -2.66. The van der Waals surface area contributed by atoms with Crippen molar-refractivity contribution in [1.29, 1.82) is 0 Å². The predicted octanol–water partition coefficient (Wildman–Crippen LogP) is 0.0293. The number of carbonyl (C=O) groups excluding carboxylic acids is 1. The van der Waals surface area contributed by atoms with Gasteiger partial charge in [0.2, 0.25) is 6.41 Å². The van der Waals surface area contributed by atoms with Crippen molar-refractivity contribution >= 4 is 6.41 Å². The summed E-state index contributed by atoms with van der Waals surface area (Å²) in [6.07, 6.45) is -0.354. The summed E-state index contributed by atoms with van der Waals surface area (Å²) in [5.41, 5.74) is 0. The number of nitrogens with one attached hydrogen (secondary N) is 1. The lowest BCUT2D eigenvalue weighted by molar-refractivity contribution is -0.110. The van der Waals surface area contributed by atoms with Crippen LogP contribution in [0.25, 0.3) is 0 Å². The number of carbonyl (C=O) groups is 1. The van der Waals surface area contributed by atoms with Crippen molar-refractivity contribution in [3.05, 3.63) is 0 Å². The van der Waals surface area contributed by atoms with Crippen LogP contribution >= 0.6 is 0 Å². The summed E-state index contributed by atoms with van der Waals surface area (Å²) in [7, 11) is 1.56. The van der Waals surface area contributed by atoms with Gasteiger partial charge in [-0.25, -0.2) is 8.78 Å². The van der Waals surface area contributed by atoms with E-state index in [9.17, 15) is 13.6 Å². The molecule has 11 heavy (non-hydrogen) atoms. The Kier molecular flexibility index (Phi) is 2.08. The van der Waals surface area contributed by atoms with E-state index in [1.807, 2.05) is 0 Å². The van der Waals surface area contributed by atoms with Crippen LogP contribution in [0.1, 0.15) is 6.42 Å². The fourth-order valence-electron chi connectivity index (χ4n) is 1.24. The van der Waals surface area contributed by atoms with Crippen LogP contribution in [-0.4, -0.2) is 37.0 Å². The van der Waals surface area contributed by atoms with E-state index in [1.54, 1.807) is 7.05 Å². The number of nitrogens with zero attached hydrogens (tertiary/aromatic N) is 1. The molecule has 1 rings (SSSR count). The molecule has 1 amide bonds. The van der Waals surface area contributed by atoms with Crippen LogP contribution in [0.2, 0.25) is 0 Å². The quantitative estimate of drug-likeness (QED) is 0.584. The highest BCUT2D eigenvalue weighted by Crippen LogP contribution is 2.28. The van der Waals surface area contributed by atoms with E-state index in [0.29, 0.717) is 6.41 Å².